The van der Waals surface area contributed by atoms with Crippen molar-refractivity contribution >= 4 is 88.0 Å². The first kappa shape index (κ1) is 58.9. The van der Waals surface area contributed by atoms with Gasteiger partial charge in [0.25, 0.3) is 0 Å². The Balaban J connectivity index is 0. The van der Waals surface area contributed by atoms with E-state index in [1.807, 2.05) is 0 Å². The van der Waals surface area contributed by atoms with E-state index in [2.05, 4.69) is 0 Å². The van der Waals surface area contributed by atoms with E-state index in [1.54, 1.807) is 0 Å². The molecule has 1 radical (unpaired) electrons. The molecule has 0 N–H and O–H groups in total. The Morgan fingerprint density at radius 2 is 0.333 bits per heavy atom. The number of hydrogen-bond acceptors (Lipinski definition) is 0. The Labute approximate surface area is 105 Å². The molecular formula is H25Ge5V-5. The van der Waals surface area contributed by atoms with Gasteiger partial charge in [0.2, 0.25) is 0 Å². The minimum Gasteiger partial charge on any atom is 0 e. The van der Waals surface area contributed by atoms with E-state index >= 15 is 0 Å². The third-order valence-electron chi connectivity index (χ3n) is 0. The number of rotatable bonds is 0. The Morgan fingerprint density at radius 1 is 0.333 bits per heavy atom. The normalized spacial score (nSPS) is 0. The van der Waals surface area contributed by atoms with Crippen molar-refractivity contribution in [2.75, 3.05) is 0 Å². The molecule has 0 rings (SSSR count). The largest absolute Gasteiger partial charge is 0 e. The molecule has 0 heterocycles. The molecule has 0 unspecified atom stereocenters. The topological polar surface area (TPSA) is 0 Å². The summed E-state index contributed by atoms with van der Waals surface area (Å²) in [5, 5.41) is 0. The molecule has 0 aromatic rings. The van der Waals surface area contributed by atoms with Gasteiger partial charge in [0.1, 0.15) is 0 Å². The molecule has 0 atom stereocenters. The average Bonchev–Trinajstić information content (AvgIpc) is 0. The SMILES string of the molecule is [GeH5-].[GeH5-].[GeH5-].[GeH5-].[GeH5-].[V]. The molecule has 0 fully saturated rings. The fourth-order valence-corrected chi connectivity index (χ4v) is 0. The molecule has 0 aromatic heterocycles. The van der Waals surface area contributed by atoms with Crippen molar-refractivity contribution in [1.82, 2.24) is 0 Å². The third kappa shape index (κ3) is 26.6. The Kier molecular flexibility index (Phi) is 398. The maximum Gasteiger partial charge on any atom is 0 e. The van der Waals surface area contributed by atoms with Gasteiger partial charge in [0.15, 0.2) is 0 Å². The molecule has 0 saturated heterocycles. The summed E-state index contributed by atoms with van der Waals surface area (Å²) in [6.45, 7) is 0. The summed E-state index contributed by atoms with van der Waals surface area (Å²) in [4.78, 5) is 0. The van der Waals surface area contributed by atoms with Gasteiger partial charge in [-0.25, -0.2) is 0 Å². The van der Waals surface area contributed by atoms with Crippen LogP contribution in [0.5, 0.6) is 0 Å². The average molecular weight is 439 g/mol. The van der Waals surface area contributed by atoms with Crippen molar-refractivity contribution in [1.29, 1.82) is 0 Å². The van der Waals surface area contributed by atoms with Crippen LogP contribution in [-0.4, -0.2) is 88.0 Å². The van der Waals surface area contributed by atoms with Crippen LogP contribution in [0.15, 0.2) is 0 Å². The monoisotopic (exact) mass is 446 g/mol. The van der Waals surface area contributed by atoms with E-state index in [9.17, 15) is 0 Å². The molecule has 0 aliphatic heterocycles. The van der Waals surface area contributed by atoms with Crippen molar-refractivity contribution in [3.63, 3.8) is 0 Å². The van der Waals surface area contributed by atoms with Crippen molar-refractivity contribution in [3.05, 3.63) is 0 Å². The fraction of sp³-hybridized carbons (Fsp3) is 0. The molecule has 0 bridgehead atoms. The van der Waals surface area contributed by atoms with Crippen LogP contribution in [0.1, 0.15) is 0 Å². The predicted octanol–water partition coefficient (Wildman–Crippen LogP) is -8.60. The van der Waals surface area contributed by atoms with Crippen LogP contribution in [-0.2, 0) is 18.6 Å². The van der Waals surface area contributed by atoms with E-state index in [-0.39, 0.29) is 107 Å². The minimum absolute atomic E-state index is 0. The molecule has 0 spiro atoms. The number of hydrogen-bond donors (Lipinski definition) is 0. The zero-order chi connectivity index (χ0) is 0. The third-order valence-corrected chi connectivity index (χ3v) is 0. The van der Waals surface area contributed by atoms with E-state index in [1.165, 1.54) is 0 Å². The van der Waals surface area contributed by atoms with Gasteiger partial charge in [-0.3, -0.25) is 0 Å². The summed E-state index contributed by atoms with van der Waals surface area (Å²) in [5.74, 6) is 0. The summed E-state index contributed by atoms with van der Waals surface area (Å²) in [6.07, 6.45) is 0. The Bertz CT molecular complexity index is 3.90. The van der Waals surface area contributed by atoms with Crippen molar-refractivity contribution < 1.29 is 18.6 Å². The minimum atomic E-state index is 0. The van der Waals surface area contributed by atoms with Crippen LogP contribution in [0.4, 0.5) is 0 Å². The molecule has 6 heavy (non-hydrogen) atoms. The standard InChI is InChI=1S/5GeH5.V/h5*1H5;/q5*-1;. The van der Waals surface area contributed by atoms with Crippen LogP contribution in [0.2, 0.25) is 0 Å². The molecule has 0 saturated carbocycles. The van der Waals surface area contributed by atoms with Gasteiger partial charge in [-0.05, 0) is 0 Å². The van der Waals surface area contributed by atoms with Gasteiger partial charge < -0.3 is 0 Å². The zero-order valence-corrected chi connectivity index (χ0v) is 1.84. The first-order valence-electron chi connectivity index (χ1n) is 0. The van der Waals surface area contributed by atoms with E-state index in [4.69, 9.17) is 0 Å². The summed E-state index contributed by atoms with van der Waals surface area (Å²) in [5.41, 5.74) is 0. The predicted molar refractivity (Wildman–Crippen MR) is 63.6 cm³/mol. The van der Waals surface area contributed by atoms with Crippen molar-refractivity contribution in [2.24, 2.45) is 0 Å². The van der Waals surface area contributed by atoms with Crippen molar-refractivity contribution in [2.45, 2.75) is 0 Å². The first-order chi connectivity index (χ1) is 0. The first-order valence-corrected chi connectivity index (χ1v) is 0. The summed E-state index contributed by atoms with van der Waals surface area (Å²) >= 11 is 0. The van der Waals surface area contributed by atoms with Gasteiger partial charge in [-0.2, -0.15) is 0 Å². The van der Waals surface area contributed by atoms with Gasteiger partial charge in [-0.15, -0.1) is 0 Å². The van der Waals surface area contributed by atoms with Crippen LogP contribution in [0, 0.1) is 0 Å². The Hall–Kier alpha value is 3.30. The zero-order valence-electron chi connectivity index (χ0n) is 0.447. The summed E-state index contributed by atoms with van der Waals surface area (Å²) < 4.78 is 0. The maximum atomic E-state index is 0. The molecule has 6 heteroatoms. The van der Waals surface area contributed by atoms with Gasteiger partial charge in [0.05, 0.1) is 0 Å². The second-order valence-corrected chi connectivity index (χ2v) is 0. The molecule has 0 nitrogen and oxygen atoms in total. The molecule has 0 aromatic carbocycles. The van der Waals surface area contributed by atoms with Crippen LogP contribution >= 0.6 is 0 Å². The molecule has 0 amide bonds. The van der Waals surface area contributed by atoms with E-state index in [0.29, 0.717) is 0 Å². The van der Waals surface area contributed by atoms with Crippen LogP contribution in [0.25, 0.3) is 0 Å². The van der Waals surface area contributed by atoms with Crippen LogP contribution in [0.3, 0.4) is 0 Å². The quantitative estimate of drug-likeness (QED) is 0.329. The summed E-state index contributed by atoms with van der Waals surface area (Å²) in [6, 6.07) is 0. The molecule has 0 aliphatic carbocycles. The van der Waals surface area contributed by atoms with Gasteiger partial charge in [-0.1, -0.05) is 0 Å². The second kappa shape index (κ2) is 40.6. The summed E-state index contributed by atoms with van der Waals surface area (Å²) in [7, 11) is 0. The fourth-order valence-electron chi connectivity index (χ4n) is 0. The Morgan fingerprint density at radius 3 is 0.333 bits per heavy atom. The van der Waals surface area contributed by atoms with Crippen molar-refractivity contribution in [3.8, 4) is 0 Å². The second-order valence-electron chi connectivity index (χ2n) is 0. The smallest absolute Gasteiger partial charge is 0 e. The molecular weight excluding hydrogens is 414 g/mol. The van der Waals surface area contributed by atoms with E-state index in [0.717, 1.165) is 0 Å². The van der Waals surface area contributed by atoms with Gasteiger partial charge in [0, 0.05) is 18.6 Å². The maximum absolute atomic E-state index is 0. The molecule has 55 valence electrons. The van der Waals surface area contributed by atoms with E-state index < -0.39 is 0 Å². The van der Waals surface area contributed by atoms with Crippen LogP contribution < -0.4 is 0 Å². The molecule has 0 aliphatic rings. The van der Waals surface area contributed by atoms with Gasteiger partial charge >= 0.3 is 88.0 Å².